The van der Waals surface area contributed by atoms with Crippen LogP contribution >= 0.6 is 11.3 Å². The molecule has 3 nitrogen and oxygen atoms in total. The third kappa shape index (κ3) is 2.83. The molecule has 134 valence electrons. The third-order valence-corrected chi connectivity index (χ3v) is 5.90. The van der Waals surface area contributed by atoms with E-state index in [1.54, 1.807) is 23.5 Å². The highest BCUT2D eigenvalue weighted by Gasteiger charge is 2.33. The van der Waals surface area contributed by atoms with Gasteiger partial charge in [-0.25, -0.2) is 14.2 Å². The van der Waals surface area contributed by atoms with Gasteiger partial charge in [-0.3, -0.25) is 0 Å². The number of aryl methyl sites for hydroxylation is 1. The maximum absolute atomic E-state index is 14.4. The predicted molar refractivity (Wildman–Crippen MR) is 109 cm³/mol. The fourth-order valence-electron chi connectivity index (χ4n) is 3.73. The Balaban J connectivity index is 2.04. The Morgan fingerprint density at radius 2 is 1.81 bits per heavy atom. The highest BCUT2D eigenvalue weighted by molar-refractivity contribution is 7.10. The van der Waals surface area contributed by atoms with E-state index in [1.807, 2.05) is 44.4 Å². The van der Waals surface area contributed by atoms with Crippen molar-refractivity contribution in [3.05, 3.63) is 92.4 Å². The smallest absolute Gasteiger partial charge is 0.195 e. The SMILES string of the molecule is [C-]#[N+]C1=C(C)NC(C)=C(c2nc(C)cs2)C1c1ccc(F)c2ccccc12. The average molecular weight is 375 g/mol. The van der Waals surface area contributed by atoms with Crippen molar-refractivity contribution in [3.63, 3.8) is 0 Å². The standard InChI is InChI=1S/C22H18FN3S/c1-12-11-27-22(25-12)19-13(2)26-14(3)21(24-4)20(19)17-9-10-18(23)16-8-6-5-7-15(16)17/h5-11,20,26H,1-3H3. The van der Waals surface area contributed by atoms with Crippen molar-refractivity contribution in [2.75, 3.05) is 0 Å². The van der Waals surface area contributed by atoms with Gasteiger partial charge in [-0.15, -0.1) is 11.3 Å². The second-order valence-electron chi connectivity index (χ2n) is 6.69. The largest absolute Gasteiger partial charge is 0.372 e. The Morgan fingerprint density at radius 1 is 1.07 bits per heavy atom. The lowest BCUT2D eigenvalue weighted by molar-refractivity contribution is 0.639. The van der Waals surface area contributed by atoms with E-state index in [0.29, 0.717) is 11.1 Å². The molecule has 0 saturated carbocycles. The predicted octanol–water partition coefficient (Wildman–Crippen LogP) is 6.01. The zero-order chi connectivity index (χ0) is 19.1. The average Bonchev–Trinajstić information content (AvgIpc) is 3.08. The molecule has 4 rings (SSSR count). The van der Waals surface area contributed by atoms with Crippen molar-refractivity contribution in [3.8, 4) is 0 Å². The van der Waals surface area contributed by atoms with Gasteiger partial charge < -0.3 is 5.32 Å². The van der Waals surface area contributed by atoms with Gasteiger partial charge in [0, 0.05) is 33.4 Å². The van der Waals surface area contributed by atoms with Crippen LogP contribution in [0.25, 0.3) is 21.2 Å². The van der Waals surface area contributed by atoms with E-state index < -0.39 is 0 Å². The molecular weight excluding hydrogens is 357 g/mol. The first-order valence-electron chi connectivity index (χ1n) is 8.67. The Kier molecular flexibility index (Phi) is 4.29. The summed E-state index contributed by atoms with van der Waals surface area (Å²) in [5.74, 6) is -0.527. The number of benzene rings is 2. The molecule has 3 aromatic rings. The first-order valence-corrected chi connectivity index (χ1v) is 9.55. The van der Waals surface area contributed by atoms with Crippen molar-refractivity contribution in [2.24, 2.45) is 0 Å². The Labute approximate surface area is 161 Å². The summed E-state index contributed by atoms with van der Waals surface area (Å²) in [6.07, 6.45) is 0. The second-order valence-corrected chi connectivity index (χ2v) is 7.55. The number of dihydropyridines is 1. The van der Waals surface area contributed by atoms with Gasteiger partial charge >= 0.3 is 0 Å². The third-order valence-electron chi connectivity index (χ3n) is 4.91. The Morgan fingerprint density at radius 3 is 2.48 bits per heavy atom. The number of hydrogen-bond acceptors (Lipinski definition) is 3. The van der Waals surface area contributed by atoms with E-state index in [2.05, 4.69) is 15.1 Å². The molecule has 1 aliphatic rings. The van der Waals surface area contributed by atoms with E-state index in [1.165, 1.54) is 6.07 Å². The van der Waals surface area contributed by atoms with Gasteiger partial charge in [-0.2, -0.15) is 0 Å². The second kappa shape index (κ2) is 6.64. The van der Waals surface area contributed by atoms with Crippen molar-refractivity contribution in [1.82, 2.24) is 10.3 Å². The molecule has 0 bridgehead atoms. The molecule has 0 saturated heterocycles. The number of thiazole rings is 1. The number of hydrogen-bond donors (Lipinski definition) is 1. The van der Waals surface area contributed by atoms with Gasteiger partial charge in [0.25, 0.3) is 0 Å². The minimum absolute atomic E-state index is 0.249. The summed E-state index contributed by atoms with van der Waals surface area (Å²) in [5, 5.41) is 7.64. The molecule has 0 fully saturated rings. The fraction of sp³-hybridized carbons (Fsp3) is 0.182. The van der Waals surface area contributed by atoms with Gasteiger partial charge in [0.15, 0.2) is 5.70 Å². The molecule has 1 aliphatic heterocycles. The summed E-state index contributed by atoms with van der Waals surface area (Å²) in [6, 6.07) is 10.8. The molecule has 1 atom stereocenters. The van der Waals surface area contributed by atoms with Crippen LogP contribution in [0.5, 0.6) is 0 Å². The van der Waals surface area contributed by atoms with E-state index in [4.69, 9.17) is 6.57 Å². The van der Waals surface area contributed by atoms with Crippen LogP contribution in [-0.4, -0.2) is 4.98 Å². The van der Waals surface area contributed by atoms with Crippen molar-refractivity contribution in [2.45, 2.75) is 26.7 Å². The number of nitrogens with zero attached hydrogens (tertiary/aromatic N) is 2. The van der Waals surface area contributed by atoms with E-state index in [0.717, 1.165) is 38.6 Å². The summed E-state index contributed by atoms with van der Waals surface area (Å²) >= 11 is 1.57. The fourth-order valence-corrected chi connectivity index (χ4v) is 4.66. The van der Waals surface area contributed by atoms with Crippen molar-refractivity contribution >= 4 is 27.7 Å². The van der Waals surface area contributed by atoms with Crippen molar-refractivity contribution in [1.29, 1.82) is 0 Å². The van der Waals surface area contributed by atoms with E-state index >= 15 is 0 Å². The maximum Gasteiger partial charge on any atom is 0.195 e. The van der Waals surface area contributed by atoms with Gasteiger partial charge in [0.05, 0.1) is 12.5 Å². The van der Waals surface area contributed by atoms with Crippen LogP contribution in [-0.2, 0) is 0 Å². The number of nitrogens with one attached hydrogen (secondary N) is 1. The summed E-state index contributed by atoms with van der Waals surface area (Å²) in [4.78, 5) is 8.52. The summed E-state index contributed by atoms with van der Waals surface area (Å²) < 4.78 is 14.4. The van der Waals surface area contributed by atoms with Gasteiger partial charge in [0.1, 0.15) is 10.8 Å². The molecule has 0 aliphatic carbocycles. The first-order chi connectivity index (χ1) is 13.0. The molecule has 27 heavy (non-hydrogen) atoms. The number of fused-ring (bicyclic) bond motifs is 1. The number of allylic oxidation sites excluding steroid dienone is 3. The Bertz CT molecular complexity index is 1160. The molecule has 0 amide bonds. The summed E-state index contributed by atoms with van der Waals surface area (Å²) in [5.41, 5.74) is 5.31. The van der Waals surface area contributed by atoms with Gasteiger partial charge in [-0.1, -0.05) is 30.3 Å². The van der Waals surface area contributed by atoms with Crippen LogP contribution in [0.4, 0.5) is 4.39 Å². The number of aromatic nitrogens is 1. The normalized spacial score (nSPS) is 17.2. The van der Waals surface area contributed by atoms with Crippen LogP contribution in [0.1, 0.15) is 36.0 Å². The van der Waals surface area contributed by atoms with E-state index in [9.17, 15) is 4.39 Å². The molecule has 0 spiro atoms. The topological polar surface area (TPSA) is 29.3 Å². The van der Waals surface area contributed by atoms with Gasteiger partial charge in [0.2, 0.25) is 0 Å². The first kappa shape index (κ1) is 17.4. The van der Waals surface area contributed by atoms with Crippen LogP contribution in [0.15, 0.2) is 58.9 Å². The number of halogens is 1. The highest BCUT2D eigenvalue weighted by Crippen LogP contribution is 2.46. The molecule has 2 aromatic carbocycles. The number of rotatable bonds is 2. The van der Waals surface area contributed by atoms with Crippen LogP contribution < -0.4 is 5.32 Å². The summed E-state index contributed by atoms with van der Waals surface area (Å²) in [7, 11) is 0. The van der Waals surface area contributed by atoms with Crippen molar-refractivity contribution < 1.29 is 4.39 Å². The zero-order valence-corrected chi connectivity index (χ0v) is 16.1. The Hall–Kier alpha value is -2.97. The molecule has 5 heteroatoms. The monoisotopic (exact) mass is 375 g/mol. The minimum atomic E-state index is -0.278. The molecule has 1 N–H and O–H groups in total. The van der Waals surface area contributed by atoms with Crippen LogP contribution in [0, 0.1) is 19.3 Å². The molecule has 2 heterocycles. The minimum Gasteiger partial charge on any atom is -0.372 e. The maximum atomic E-state index is 14.4. The molecule has 1 aromatic heterocycles. The van der Waals surface area contributed by atoms with E-state index in [-0.39, 0.29) is 11.7 Å². The lowest BCUT2D eigenvalue weighted by Crippen LogP contribution is -2.23. The zero-order valence-electron chi connectivity index (χ0n) is 15.3. The molecular formula is C22H18FN3S. The lowest BCUT2D eigenvalue weighted by Gasteiger charge is -2.29. The highest BCUT2D eigenvalue weighted by atomic mass is 32.1. The summed E-state index contributed by atoms with van der Waals surface area (Å²) in [6.45, 7) is 13.7. The lowest BCUT2D eigenvalue weighted by atomic mass is 9.82. The van der Waals surface area contributed by atoms with Crippen LogP contribution in [0.3, 0.4) is 0 Å². The van der Waals surface area contributed by atoms with Gasteiger partial charge in [-0.05, 0) is 37.8 Å². The molecule has 1 unspecified atom stereocenters. The quantitative estimate of drug-likeness (QED) is 0.556. The van der Waals surface area contributed by atoms with Crippen LogP contribution in [0.2, 0.25) is 0 Å². The molecule has 0 radical (unpaired) electrons.